The summed E-state index contributed by atoms with van der Waals surface area (Å²) in [7, 11) is 0. The first-order valence-electron chi connectivity index (χ1n) is 11.7. The minimum Gasteiger partial charge on any atom is -0.490 e. The van der Waals surface area contributed by atoms with E-state index in [-0.39, 0.29) is 16.8 Å². The minimum absolute atomic E-state index is 0.0339. The molecule has 3 aromatic carbocycles. The third-order valence-electron chi connectivity index (χ3n) is 5.98. The second-order valence-electron chi connectivity index (χ2n) is 8.36. The first-order valence-corrected chi connectivity index (χ1v) is 12.5. The number of rotatable bonds is 7. The highest BCUT2D eigenvalue weighted by molar-refractivity contribution is 9.10. The quantitative estimate of drug-likeness (QED) is 0.258. The van der Waals surface area contributed by atoms with Gasteiger partial charge in [0.1, 0.15) is 11.4 Å². The highest BCUT2D eigenvalue weighted by Gasteiger charge is 2.44. The van der Waals surface area contributed by atoms with Crippen molar-refractivity contribution in [3.8, 4) is 11.5 Å². The molecule has 1 amide bonds. The van der Waals surface area contributed by atoms with Crippen LogP contribution in [0.15, 0.2) is 74.3 Å². The number of anilines is 1. The van der Waals surface area contributed by atoms with Gasteiger partial charge in [0, 0.05) is 10.2 Å². The van der Waals surface area contributed by atoms with Gasteiger partial charge in [0.25, 0.3) is 5.91 Å². The number of hydrogen-bond acceptors (Lipinski definition) is 5. The van der Waals surface area contributed by atoms with Crippen LogP contribution >= 0.6 is 15.9 Å². The second-order valence-corrected chi connectivity index (χ2v) is 9.27. The zero-order chi connectivity index (χ0) is 25.4. The summed E-state index contributed by atoms with van der Waals surface area (Å²) in [6, 6.07) is 15.2. The van der Waals surface area contributed by atoms with Gasteiger partial charge in [0.15, 0.2) is 16.9 Å². The molecule has 8 heteroatoms. The molecule has 1 aliphatic rings. The number of hydrogen-bond donors (Lipinski definition) is 0. The normalized spacial score (nSPS) is 14.8. The van der Waals surface area contributed by atoms with Crippen molar-refractivity contribution < 1.29 is 23.1 Å². The Labute approximate surface area is 215 Å². The molecule has 0 fully saturated rings. The molecule has 0 N–H and O–H groups in total. The Morgan fingerprint density at radius 2 is 1.75 bits per heavy atom. The third-order valence-corrected chi connectivity index (χ3v) is 6.48. The van der Waals surface area contributed by atoms with Crippen molar-refractivity contribution in [1.29, 1.82) is 0 Å². The molecule has 6 nitrogen and oxygen atoms in total. The van der Waals surface area contributed by atoms with Crippen LogP contribution in [-0.2, 0) is 0 Å². The molecule has 36 heavy (non-hydrogen) atoms. The van der Waals surface area contributed by atoms with Crippen molar-refractivity contribution in [3.63, 3.8) is 0 Å². The van der Waals surface area contributed by atoms with Crippen LogP contribution in [0.3, 0.4) is 0 Å². The molecule has 1 aromatic heterocycles. The van der Waals surface area contributed by atoms with E-state index in [4.69, 9.17) is 13.9 Å². The first-order chi connectivity index (χ1) is 17.4. The standard InChI is InChI=1S/C28H23BrFNO5/c1-3-13-35-22-11-5-16(14-23(22)34-4-2)25-24-26(32)20-15-17(29)6-12-21(20)36-27(24)28(33)31(25)19-9-7-18(30)8-10-19/h5-12,14-15,25H,3-4,13H2,1-2H3. The van der Waals surface area contributed by atoms with Crippen LogP contribution in [-0.4, -0.2) is 19.1 Å². The number of ether oxygens (including phenoxy) is 2. The molecule has 0 spiro atoms. The second kappa shape index (κ2) is 9.78. The average Bonchev–Trinajstić information content (AvgIpc) is 3.17. The Bertz CT molecular complexity index is 1520. The van der Waals surface area contributed by atoms with Crippen LogP contribution in [0.4, 0.5) is 10.1 Å². The molecule has 2 heterocycles. The van der Waals surface area contributed by atoms with Gasteiger partial charge in [-0.05, 0) is 73.5 Å². The number of fused-ring (bicyclic) bond motifs is 2. The lowest BCUT2D eigenvalue weighted by Gasteiger charge is -2.26. The molecule has 0 radical (unpaired) electrons. The van der Waals surface area contributed by atoms with Crippen molar-refractivity contribution >= 4 is 38.5 Å². The number of carbonyl (C=O) groups is 1. The van der Waals surface area contributed by atoms with E-state index < -0.39 is 17.8 Å². The van der Waals surface area contributed by atoms with Crippen molar-refractivity contribution in [1.82, 2.24) is 0 Å². The van der Waals surface area contributed by atoms with E-state index in [1.807, 2.05) is 19.9 Å². The summed E-state index contributed by atoms with van der Waals surface area (Å²) in [5.41, 5.74) is 1.31. The number of amides is 1. The molecule has 184 valence electrons. The lowest BCUT2D eigenvalue weighted by atomic mass is 9.97. The van der Waals surface area contributed by atoms with Gasteiger partial charge in [0.2, 0.25) is 5.76 Å². The van der Waals surface area contributed by atoms with Crippen LogP contribution in [0.5, 0.6) is 11.5 Å². The monoisotopic (exact) mass is 551 g/mol. The van der Waals surface area contributed by atoms with E-state index in [2.05, 4.69) is 15.9 Å². The first kappa shape index (κ1) is 24.1. The van der Waals surface area contributed by atoms with Gasteiger partial charge in [-0.1, -0.05) is 28.9 Å². The van der Waals surface area contributed by atoms with E-state index >= 15 is 0 Å². The molecule has 4 aromatic rings. The highest BCUT2D eigenvalue weighted by Crippen LogP contribution is 2.43. The molecule has 1 aliphatic heterocycles. The summed E-state index contributed by atoms with van der Waals surface area (Å²) >= 11 is 3.41. The van der Waals surface area contributed by atoms with Crippen molar-refractivity contribution in [2.24, 2.45) is 0 Å². The van der Waals surface area contributed by atoms with Crippen LogP contribution in [0, 0.1) is 5.82 Å². The van der Waals surface area contributed by atoms with E-state index in [0.717, 1.165) is 10.9 Å². The summed E-state index contributed by atoms with van der Waals surface area (Å²) in [5, 5.41) is 0.356. The van der Waals surface area contributed by atoms with Crippen LogP contribution in [0.25, 0.3) is 11.0 Å². The van der Waals surface area contributed by atoms with Crippen molar-refractivity contribution in [2.75, 3.05) is 18.1 Å². The van der Waals surface area contributed by atoms with E-state index in [9.17, 15) is 14.0 Å². The predicted octanol–water partition coefficient (Wildman–Crippen LogP) is 6.63. The Morgan fingerprint density at radius 3 is 2.47 bits per heavy atom. The zero-order valence-electron chi connectivity index (χ0n) is 19.7. The van der Waals surface area contributed by atoms with Gasteiger partial charge in [-0.2, -0.15) is 0 Å². The smallest absolute Gasteiger partial charge is 0.295 e. The molecule has 1 atom stereocenters. The molecule has 0 saturated heterocycles. The number of halogens is 2. The summed E-state index contributed by atoms with van der Waals surface area (Å²) in [6.45, 7) is 4.82. The molecular weight excluding hydrogens is 529 g/mol. The van der Waals surface area contributed by atoms with Gasteiger partial charge in [-0.3, -0.25) is 14.5 Å². The van der Waals surface area contributed by atoms with Gasteiger partial charge < -0.3 is 13.9 Å². The number of nitrogens with zero attached hydrogens (tertiary/aromatic N) is 1. The summed E-state index contributed by atoms with van der Waals surface area (Å²) in [6.07, 6.45) is 0.833. The molecule has 0 aliphatic carbocycles. The highest BCUT2D eigenvalue weighted by atomic mass is 79.9. The fourth-order valence-electron chi connectivity index (χ4n) is 4.42. The third kappa shape index (κ3) is 4.15. The van der Waals surface area contributed by atoms with Crippen molar-refractivity contribution in [2.45, 2.75) is 26.3 Å². The Balaban J connectivity index is 1.75. The van der Waals surface area contributed by atoms with Crippen LogP contribution < -0.4 is 19.8 Å². The summed E-state index contributed by atoms with van der Waals surface area (Å²) in [4.78, 5) is 28.9. The average molecular weight is 552 g/mol. The molecule has 0 bridgehead atoms. The molecule has 0 saturated carbocycles. The topological polar surface area (TPSA) is 69.0 Å². The van der Waals surface area contributed by atoms with Crippen molar-refractivity contribution in [3.05, 3.63) is 98.1 Å². The van der Waals surface area contributed by atoms with E-state index in [1.54, 1.807) is 30.3 Å². The Kier molecular flexibility index (Phi) is 6.53. The van der Waals surface area contributed by atoms with E-state index in [0.29, 0.717) is 46.9 Å². The maximum absolute atomic E-state index is 13.8. The minimum atomic E-state index is -0.808. The van der Waals surface area contributed by atoms with E-state index in [1.165, 1.54) is 29.2 Å². The fourth-order valence-corrected chi connectivity index (χ4v) is 4.78. The van der Waals surface area contributed by atoms with Gasteiger partial charge in [0.05, 0.1) is 30.2 Å². The maximum Gasteiger partial charge on any atom is 0.295 e. The number of benzene rings is 3. The number of carbonyl (C=O) groups excluding carboxylic acids is 1. The summed E-state index contributed by atoms with van der Waals surface area (Å²) in [5.74, 6) is 0.146. The van der Waals surface area contributed by atoms with Crippen LogP contribution in [0.1, 0.15) is 48.0 Å². The Hall–Kier alpha value is -3.65. The predicted molar refractivity (Wildman–Crippen MR) is 139 cm³/mol. The zero-order valence-corrected chi connectivity index (χ0v) is 21.3. The fraction of sp³-hybridized carbons (Fsp3) is 0.214. The maximum atomic E-state index is 13.8. The Morgan fingerprint density at radius 1 is 0.972 bits per heavy atom. The lowest BCUT2D eigenvalue weighted by molar-refractivity contribution is 0.0971. The molecule has 1 unspecified atom stereocenters. The molecular formula is C28H23BrFNO5. The van der Waals surface area contributed by atoms with Gasteiger partial charge in [-0.25, -0.2) is 4.39 Å². The molecule has 5 rings (SSSR count). The van der Waals surface area contributed by atoms with Gasteiger partial charge >= 0.3 is 0 Å². The largest absolute Gasteiger partial charge is 0.490 e. The lowest BCUT2D eigenvalue weighted by Crippen LogP contribution is -2.29. The van der Waals surface area contributed by atoms with Gasteiger partial charge in [-0.15, -0.1) is 0 Å². The van der Waals surface area contributed by atoms with Crippen LogP contribution in [0.2, 0.25) is 0 Å². The summed E-state index contributed by atoms with van der Waals surface area (Å²) < 4.78 is 32.1. The SMILES string of the molecule is CCCOc1ccc(C2c3c(oc4ccc(Br)cc4c3=O)C(=O)N2c2ccc(F)cc2)cc1OCC.